The summed E-state index contributed by atoms with van der Waals surface area (Å²) in [7, 11) is 0. The van der Waals surface area contributed by atoms with Gasteiger partial charge in [0, 0.05) is 10.4 Å². The summed E-state index contributed by atoms with van der Waals surface area (Å²) >= 11 is 1.39. The standard InChI is InChI=1S/C19H20N2O4S/c1-12(2)16(19(24)25)21-18(23)15(11-14-9-6-10-26-14)20-17(22)13-7-4-3-5-8-13/h3-12,16H,1-2H3,(H,20,22)(H,21,23)(H,24,25)/p-1/b15-11+/t16-/m1/s1. The largest absolute Gasteiger partial charge is 0.548 e. The summed E-state index contributed by atoms with van der Waals surface area (Å²) < 4.78 is 0. The zero-order valence-electron chi connectivity index (χ0n) is 14.4. The summed E-state index contributed by atoms with van der Waals surface area (Å²) in [5.41, 5.74) is 0.353. The lowest BCUT2D eigenvalue weighted by Crippen LogP contribution is -2.52. The molecule has 0 spiro atoms. The van der Waals surface area contributed by atoms with E-state index in [1.54, 1.807) is 50.2 Å². The first-order valence-corrected chi connectivity index (χ1v) is 8.89. The van der Waals surface area contributed by atoms with Gasteiger partial charge in [0.2, 0.25) is 0 Å². The van der Waals surface area contributed by atoms with Crippen molar-refractivity contribution in [1.29, 1.82) is 0 Å². The number of hydrogen-bond acceptors (Lipinski definition) is 5. The van der Waals surface area contributed by atoms with Crippen molar-refractivity contribution in [1.82, 2.24) is 10.6 Å². The van der Waals surface area contributed by atoms with Crippen LogP contribution in [0.4, 0.5) is 0 Å². The summed E-state index contributed by atoms with van der Waals surface area (Å²) in [6.07, 6.45) is 1.51. The maximum atomic E-state index is 12.6. The molecule has 2 amide bonds. The minimum absolute atomic E-state index is 0.0341. The Morgan fingerprint density at radius 2 is 1.77 bits per heavy atom. The van der Waals surface area contributed by atoms with Gasteiger partial charge < -0.3 is 20.5 Å². The maximum absolute atomic E-state index is 12.6. The second-order valence-electron chi connectivity index (χ2n) is 5.91. The minimum Gasteiger partial charge on any atom is -0.548 e. The van der Waals surface area contributed by atoms with E-state index < -0.39 is 23.8 Å². The molecular weight excluding hydrogens is 352 g/mol. The summed E-state index contributed by atoms with van der Waals surface area (Å²) in [4.78, 5) is 36.9. The number of carboxylic acid groups (broad SMARTS) is 1. The minimum atomic E-state index is -1.38. The summed E-state index contributed by atoms with van der Waals surface area (Å²) in [6, 6.07) is 10.9. The SMILES string of the molecule is CC(C)[C@@H](NC(=O)/C(=C\c1cccs1)NC(=O)c1ccccc1)C(=O)[O-]. The lowest BCUT2D eigenvalue weighted by molar-refractivity contribution is -0.309. The number of rotatable bonds is 7. The van der Waals surface area contributed by atoms with E-state index in [9.17, 15) is 19.5 Å². The Morgan fingerprint density at radius 1 is 1.08 bits per heavy atom. The molecule has 2 aromatic rings. The summed E-state index contributed by atoms with van der Waals surface area (Å²) in [5, 5.41) is 18.0. The Bertz CT molecular complexity index is 798. The average Bonchev–Trinajstić information content (AvgIpc) is 3.12. The predicted molar refractivity (Wildman–Crippen MR) is 98.0 cm³/mol. The van der Waals surface area contributed by atoms with Gasteiger partial charge in [0.1, 0.15) is 5.70 Å². The first-order chi connectivity index (χ1) is 12.4. The van der Waals surface area contributed by atoms with Crippen LogP contribution in [0.5, 0.6) is 0 Å². The number of amides is 2. The molecule has 136 valence electrons. The van der Waals surface area contributed by atoms with Crippen LogP contribution < -0.4 is 15.7 Å². The maximum Gasteiger partial charge on any atom is 0.268 e. The van der Waals surface area contributed by atoms with Crippen molar-refractivity contribution in [2.24, 2.45) is 5.92 Å². The van der Waals surface area contributed by atoms with Gasteiger partial charge in [-0.1, -0.05) is 38.1 Å². The molecule has 1 atom stereocenters. The fourth-order valence-electron chi connectivity index (χ4n) is 2.17. The Balaban J connectivity index is 2.25. The van der Waals surface area contributed by atoms with Crippen molar-refractivity contribution in [2.45, 2.75) is 19.9 Å². The Hall–Kier alpha value is -2.93. The van der Waals surface area contributed by atoms with E-state index >= 15 is 0 Å². The summed E-state index contributed by atoms with van der Waals surface area (Å²) in [6.45, 7) is 3.32. The van der Waals surface area contributed by atoms with E-state index in [2.05, 4.69) is 10.6 Å². The number of carbonyl (C=O) groups is 3. The van der Waals surface area contributed by atoms with Crippen LogP contribution in [0.3, 0.4) is 0 Å². The molecule has 0 aliphatic rings. The van der Waals surface area contributed by atoms with Crippen molar-refractivity contribution < 1.29 is 19.5 Å². The number of benzene rings is 1. The number of nitrogens with one attached hydrogen (secondary N) is 2. The molecule has 1 aromatic carbocycles. The Labute approximate surface area is 155 Å². The zero-order valence-corrected chi connectivity index (χ0v) is 15.2. The van der Waals surface area contributed by atoms with Crippen LogP contribution in [0.15, 0.2) is 53.5 Å². The molecular formula is C19H19N2O4S-. The number of thiophene rings is 1. The van der Waals surface area contributed by atoms with Crippen LogP contribution >= 0.6 is 11.3 Å². The van der Waals surface area contributed by atoms with E-state index in [1.165, 1.54) is 17.4 Å². The third kappa shape index (κ3) is 5.29. The number of aliphatic carboxylic acids is 1. The lowest BCUT2D eigenvalue weighted by atomic mass is 10.0. The van der Waals surface area contributed by atoms with Crippen molar-refractivity contribution in [3.8, 4) is 0 Å². The lowest BCUT2D eigenvalue weighted by Gasteiger charge is -2.24. The van der Waals surface area contributed by atoms with E-state index in [4.69, 9.17) is 0 Å². The van der Waals surface area contributed by atoms with Gasteiger partial charge in [0.25, 0.3) is 11.8 Å². The normalized spacial score (nSPS) is 12.5. The van der Waals surface area contributed by atoms with Gasteiger partial charge in [-0.25, -0.2) is 0 Å². The van der Waals surface area contributed by atoms with Crippen LogP contribution in [-0.4, -0.2) is 23.8 Å². The second kappa shape index (κ2) is 8.96. The van der Waals surface area contributed by atoms with Crippen LogP contribution in [0.1, 0.15) is 29.1 Å². The molecule has 0 fully saturated rings. The van der Waals surface area contributed by atoms with E-state index in [-0.39, 0.29) is 11.6 Å². The summed E-state index contributed by atoms with van der Waals surface area (Å²) in [5.74, 6) is -2.89. The molecule has 1 aromatic heterocycles. The monoisotopic (exact) mass is 371 g/mol. The molecule has 0 unspecified atom stereocenters. The molecule has 0 aliphatic carbocycles. The highest BCUT2D eigenvalue weighted by Crippen LogP contribution is 2.14. The van der Waals surface area contributed by atoms with Crippen molar-refractivity contribution in [3.63, 3.8) is 0 Å². The number of hydrogen-bond donors (Lipinski definition) is 2. The third-order valence-corrected chi connectivity index (χ3v) is 4.39. The first-order valence-electron chi connectivity index (χ1n) is 8.02. The van der Waals surface area contributed by atoms with Gasteiger partial charge in [-0.15, -0.1) is 11.3 Å². The Morgan fingerprint density at radius 3 is 2.31 bits per heavy atom. The fourth-order valence-corrected chi connectivity index (χ4v) is 2.83. The van der Waals surface area contributed by atoms with E-state index in [1.807, 2.05) is 11.4 Å². The van der Waals surface area contributed by atoms with E-state index in [0.29, 0.717) is 5.56 Å². The molecule has 6 nitrogen and oxygen atoms in total. The highest BCUT2D eigenvalue weighted by molar-refractivity contribution is 7.10. The van der Waals surface area contributed by atoms with Crippen molar-refractivity contribution in [3.05, 3.63) is 64.0 Å². The molecule has 2 rings (SSSR count). The molecule has 7 heteroatoms. The molecule has 0 saturated carbocycles. The number of carboxylic acids is 1. The van der Waals surface area contributed by atoms with Gasteiger partial charge in [0.05, 0.1) is 12.0 Å². The fraction of sp³-hybridized carbons (Fsp3) is 0.211. The zero-order chi connectivity index (χ0) is 19.1. The molecule has 0 aliphatic heterocycles. The van der Waals surface area contributed by atoms with Gasteiger partial charge in [0.15, 0.2) is 0 Å². The van der Waals surface area contributed by atoms with Crippen LogP contribution in [0, 0.1) is 5.92 Å². The molecule has 0 saturated heterocycles. The quantitative estimate of drug-likeness (QED) is 0.719. The number of carbonyl (C=O) groups excluding carboxylic acids is 3. The van der Waals surface area contributed by atoms with Gasteiger partial charge in [-0.2, -0.15) is 0 Å². The van der Waals surface area contributed by atoms with Crippen molar-refractivity contribution >= 4 is 35.2 Å². The van der Waals surface area contributed by atoms with Crippen LogP contribution in [0.2, 0.25) is 0 Å². The Kier molecular flexibility index (Phi) is 6.68. The molecule has 26 heavy (non-hydrogen) atoms. The van der Waals surface area contributed by atoms with Crippen LogP contribution in [0.25, 0.3) is 6.08 Å². The second-order valence-corrected chi connectivity index (χ2v) is 6.89. The van der Waals surface area contributed by atoms with E-state index in [0.717, 1.165) is 4.88 Å². The van der Waals surface area contributed by atoms with Crippen LogP contribution in [-0.2, 0) is 9.59 Å². The van der Waals surface area contributed by atoms with Gasteiger partial charge >= 0.3 is 0 Å². The topological polar surface area (TPSA) is 98.3 Å². The molecule has 0 radical (unpaired) electrons. The van der Waals surface area contributed by atoms with Gasteiger partial charge in [-0.05, 0) is 35.6 Å². The average molecular weight is 371 g/mol. The molecule has 2 N–H and O–H groups in total. The van der Waals surface area contributed by atoms with Gasteiger partial charge in [-0.3, -0.25) is 9.59 Å². The van der Waals surface area contributed by atoms with Crippen molar-refractivity contribution in [2.75, 3.05) is 0 Å². The predicted octanol–water partition coefficient (Wildman–Crippen LogP) is 1.41. The third-order valence-electron chi connectivity index (χ3n) is 3.57. The molecule has 1 heterocycles. The smallest absolute Gasteiger partial charge is 0.268 e. The molecule has 0 bridgehead atoms. The highest BCUT2D eigenvalue weighted by atomic mass is 32.1. The highest BCUT2D eigenvalue weighted by Gasteiger charge is 2.21. The first kappa shape index (κ1) is 19.4.